The number of nitrogens with zero attached hydrogens (tertiary/aromatic N) is 2. The van der Waals surface area contributed by atoms with E-state index in [4.69, 9.17) is 5.73 Å². The predicted molar refractivity (Wildman–Crippen MR) is 71.5 cm³/mol. The van der Waals surface area contributed by atoms with Crippen molar-refractivity contribution in [3.05, 3.63) is 41.2 Å². The van der Waals surface area contributed by atoms with Crippen LogP contribution in [0, 0.1) is 13.8 Å². The molecule has 0 spiro atoms. The van der Waals surface area contributed by atoms with Crippen LogP contribution in [0.1, 0.15) is 21.6 Å². The molecule has 2 rings (SSSR count). The number of amides is 1. The first-order valence-corrected chi connectivity index (χ1v) is 5.65. The van der Waals surface area contributed by atoms with Crippen molar-refractivity contribution < 1.29 is 4.79 Å². The van der Waals surface area contributed by atoms with E-state index in [1.165, 1.54) is 4.68 Å². The largest absolute Gasteiger partial charge is 0.398 e. The second-order valence-corrected chi connectivity index (χ2v) is 4.27. The Morgan fingerprint density at radius 1 is 1.33 bits per heavy atom. The molecule has 5 heteroatoms. The van der Waals surface area contributed by atoms with Crippen molar-refractivity contribution in [1.29, 1.82) is 0 Å². The minimum absolute atomic E-state index is 0.188. The first kappa shape index (κ1) is 12.2. The third-order valence-corrected chi connectivity index (χ3v) is 3.01. The van der Waals surface area contributed by atoms with Crippen molar-refractivity contribution >= 4 is 17.3 Å². The lowest BCUT2D eigenvalue weighted by molar-refractivity contribution is 0.101. The standard InChI is InChI=1S/C13H16N4O/c1-8-4-5-10(14)9(2)12(8)16-13(18)11-6-7-15-17(11)3/h4-7H,14H2,1-3H3,(H,16,18). The smallest absolute Gasteiger partial charge is 0.273 e. The molecule has 0 fully saturated rings. The molecule has 0 radical (unpaired) electrons. The van der Waals surface area contributed by atoms with Gasteiger partial charge in [-0.25, -0.2) is 0 Å². The molecule has 0 aliphatic rings. The van der Waals surface area contributed by atoms with Crippen molar-refractivity contribution in [1.82, 2.24) is 9.78 Å². The topological polar surface area (TPSA) is 72.9 Å². The van der Waals surface area contributed by atoms with E-state index in [-0.39, 0.29) is 5.91 Å². The first-order valence-electron chi connectivity index (χ1n) is 5.65. The van der Waals surface area contributed by atoms with Crippen LogP contribution >= 0.6 is 0 Å². The summed E-state index contributed by atoms with van der Waals surface area (Å²) in [6.45, 7) is 3.83. The maximum Gasteiger partial charge on any atom is 0.273 e. The van der Waals surface area contributed by atoms with Crippen LogP contribution in [0.25, 0.3) is 0 Å². The van der Waals surface area contributed by atoms with E-state index < -0.39 is 0 Å². The molecule has 5 nitrogen and oxygen atoms in total. The molecule has 0 aliphatic heterocycles. The van der Waals surface area contributed by atoms with Gasteiger partial charge in [0.05, 0.1) is 0 Å². The molecule has 1 heterocycles. The molecule has 0 unspecified atom stereocenters. The molecule has 1 aromatic carbocycles. The molecule has 0 atom stereocenters. The fourth-order valence-corrected chi connectivity index (χ4v) is 1.83. The average molecular weight is 244 g/mol. The molecule has 2 aromatic rings. The molecule has 3 N–H and O–H groups in total. The molecule has 1 amide bonds. The normalized spacial score (nSPS) is 10.4. The summed E-state index contributed by atoms with van der Waals surface area (Å²) < 4.78 is 1.53. The number of hydrogen-bond donors (Lipinski definition) is 2. The summed E-state index contributed by atoms with van der Waals surface area (Å²) in [4.78, 5) is 12.1. The van der Waals surface area contributed by atoms with Gasteiger partial charge < -0.3 is 11.1 Å². The van der Waals surface area contributed by atoms with E-state index in [2.05, 4.69) is 10.4 Å². The van der Waals surface area contributed by atoms with Crippen LogP contribution < -0.4 is 11.1 Å². The number of hydrogen-bond acceptors (Lipinski definition) is 3. The quantitative estimate of drug-likeness (QED) is 0.792. The second kappa shape index (κ2) is 4.52. The molecule has 0 bridgehead atoms. The molecule has 1 aromatic heterocycles. The highest BCUT2D eigenvalue weighted by atomic mass is 16.2. The van der Waals surface area contributed by atoms with E-state index in [9.17, 15) is 4.79 Å². The molecule has 0 aliphatic carbocycles. The fraction of sp³-hybridized carbons (Fsp3) is 0.231. The van der Waals surface area contributed by atoms with Gasteiger partial charge in [0.2, 0.25) is 0 Å². The molecule has 0 saturated carbocycles. The Balaban J connectivity index is 2.33. The van der Waals surface area contributed by atoms with E-state index in [1.807, 2.05) is 26.0 Å². The maximum absolute atomic E-state index is 12.1. The van der Waals surface area contributed by atoms with Crippen LogP contribution in [0.3, 0.4) is 0 Å². The van der Waals surface area contributed by atoms with Gasteiger partial charge in [-0.2, -0.15) is 5.10 Å². The third-order valence-electron chi connectivity index (χ3n) is 3.01. The molecule has 0 saturated heterocycles. The van der Waals surface area contributed by atoms with Crippen LogP contribution in [-0.2, 0) is 7.05 Å². The molecular weight excluding hydrogens is 228 g/mol. The van der Waals surface area contributed by atoms with Gasteiger partial charge in [-0.05, 0) is 37.1 Å². The highest BCUT2D eigenvalue weighted by Crippen LogP contribution is 2.25. The zero-order chi connectivity index (χ0) is 13.3. The number of nitrogen functional groups attached to an aromatic ring is 1. The minimum Gasteiger partial charge on any atom is -0.398 e. The average Bonchev–Trinajstić information content (AvgIpc) is 2.76. The molecule has 94 valence electrons. The number of nitrogens with one attached hydrogen (secondary N) is 1. The van der Waals surface area contributed by atoms with Crippen molar-refractivity contribution in [2.45, 2.75) is 13.8 Å². The summed E-state index contributed by atoms with van der Waals surface area (Å²) >= 11 is 0. The highest BCUT2D eigenvalue weighted by Gasteiger charge is 2.13. The Kier molecular flexibility index (Phi) is 3.06. The monoisotopic (exact) mass is 244 g/mol. The van der Waals surface area contributed by atoms with E-state index >= 15 is 0 Å². The van der Waals surface area contributed by atoms with Crippen LogP contribution in [0.2, 0.25) is 0 Å². The van der Waals surface area contributed by atoms with Crippen molar-refractivity contribution in [3.63, 3.8) is 0 Å². The van der Waals surface area contributed by atoms with Gasteiger partial charge in [0.25, 0.3) is 5.91 Å². The zero-order valence-electron chi connectivity index (χ0n) is 10.7. The fourth-order valence-electron chi connectivity index (χ4n) is 1.83. The van der Waals surface area contributed by atoms with Gasteiger partial charge in [-0.1, -0.05) is 6.07 Å². The Morgan fingerprint density at radius 3 is 2.67 bits per heavy atom. The Hall–Kier alpha value is -2.30. The summed E-state index contributed by atoms with van der Waals surface area (Å²) in [6, 6.07) is 5.40. The predicted octanol–water partition coefficient (Wildman–Crippen LogP) is 1.87. The molecular formula is C13H16N4O. The van der Waals surface area contributed by atoms with E-state index in [0.29, 0.717) is 11.4 Å². The van der Waals surface area contributed by atoms with Crippen molar-refractivity contribution in [2.24, 2.45) is 7.05 Å². The zero-order valence-corrected chi connectivity index (χ0v) is 10.7. The van der Waals surface area contributed by atoms with Gasteiger partial charge in [-0.3, -0.25) is 9.48 Å². The Bertz CT molecular complexity index is 601. The van der Waals surface area contributed by atoms with Gasteiger partial charge in [0, 0.05) is 24.6 Å². The van der Waals surface area contributed by atoms with E-state index in [1.54, 1.807) is 19.3 Å². The lowest BCUT2D eigenvalue weighted by Crippen LogP contribution is -2.17. The molecule has 18 heavy (non-hydrogen) atoms. The maximum atomic E-state index is 12.1. The van der Waals surface area contributed by atoms with Crippen molar-refractivity contribution in [2.75, 3.05) is 11.1 Å². The summed E-state index contributed by atoms with van der Waals surface area (Å²) in [5.41, 5.74) is 9.65. The number of aromatic nitrogens is 2. The summed E-state index contributed by atoms with van der Waals surface area (Å²) in [7, 11) is 1.73. The van der Waals surface area contributed by atoms with E-state index in [0.717, 1.165) is 16.8 Å². The van der Waals surface area contributed by atoms with Gasteiger partial charge in [0.15, 0.2) is 0 Å². The lowest BCUT2D eigenvalue weighted by Gasteiger charge is -2.13. The number of anilines is 2. The Labute approximate surface area is 106 Å². The SMILES string of the molecule is Cc1ccc(N)c(C)c1NC(=O)c1ccnn1C. The van der Waals surface area contributed by atoms with Crippen LogP contribution in [0.5, 0.6) is 0 Å². The number of carbonyl (C=O) groups excluding carboxylic acids is 1. The number of benzene rings is 1. The Morgan fingerprint density at radius 2 is 2.06 bits per heavy atom. The third kappa shape index (κ3) is 2.07. The van der Waals surface area contributed by atoms with Crippen LogP contribution in [0.4, 0.5) is 11.4 Å². The number of rotatable bonds is 2. The van der Waals surface area contributed by atoms with Crippen molar-refractivity contribution in [3.8, 4) is 0 Å². The van der Waals surface area contributed by atoms with Gasteiger partial charge in [0.1, 0.15) is 5.69 Å². The second-order valence-electron chi connectivity index (χ2n) is 4.27. The van der Waals surface area contributed by atoms with Gasteiger partial charge in [-0.15, -0.1) is 0 Å². The van der Waals surface area contributed by atoms with Crippen LogP contribution in [0.15, 0.2) is 24.4 Å². The number of aryl methyl sites for hydroxylation is 2. The van der Waals surface area contributed by atoms with Crippen LogP contribution in [-0.4, -0.2) is 15.7 Å². The minimum atomic E-state index is -0.188. The summed E-state index contributed by atoms with van der Waals surface area (Å²) in [5.74, 6) is -0.188. The summed E-state index contributed by atoms with van der Waals surface area (Å²) in [6.07, 6.45) is 1.59. The number of nitrogens with two attached hydrogens (primary N) is 1. The first-order chi connectivity index (χ1) is 8.50. The summed E-state index contributed by atoms with van der Waals surface area (Å²) in [5, 5.41) is 6.86. The number of carbonyl (C=O) groups is 1. The lowest BCUT2D eigenvalue weighted by atomic mass is 10.1. The highest BCUT2D eigenvalue weighted by molar-refractivity contribution is 6.04. The van der Waals surface area contributed by atoms with Gasteiger partial charge >= 0.3 is 0 Å².